The van der Waals surface area contributed by atoms with E-state index >= 15 is 0 Å². The molecule has 1 aliphatic carbocycles. The third-order valence-corrected chi connectivity index (χ3v) is 4.93. The summed E-state index contributed by atoms with van der Waals surface area (Å²) in [5, 5.41) is 1.36. The van der Waals surface area contributed by atoms with Crippen LogP contribution in [-0.4, -0.2) is 22.5 Å². The van der Waals surface area contributed by atoms with Crippen LogP contribution in [0, 0.1) is 0 Å². The molecular weight excluding hydrogens is 308 g/mol. The summed E-state index contributed by atoms with van der Waals surface area (Å²) >= 11 is 7.76. The second-order valence-corrected chi connectivity index (χ2v) is 6.35. The number of aromatic nitrogens is 2. The van der Waals surface area contributed by atoms with Crippen LogP contribution in [0.2, 0.25) is 5.02 Å². The van der Waals surface area contributed by atoms with Gasteiger partial charge in [-0.3, -0.25) is 9.78 Å². The molecule has 3 rings (SSSR count). The van der Waals surface area contributed by atoms with Gasteiger partial charge in [0.2, 0.25) is 0 Å². The van der Waals surface area contributed by atoms with Gasteiger partial charge in [-0.25, -0.2) is 4.98 Å². The molecule has 6 heteroatoms. The Hall–Kier alpha value is -1.46. The van der Waals surface area contributed by atoms with Crippen molar-refractivity contribution in [1.29, 1.82) is 0 Å². The first kappa shape index (κ1) is 14.5. The summed E-state index contributed by atoms with van der Waals surface area (Å²) in [5.41, 5.74) is 1.53. The van der Waals surface area contributed by atoms with E-state index in [0.717, 1.165) is 34.8 Å². The van der Waals surface area contributed by atoms with Gasteiger partial charge in [0.05, 0.1) is 17.3 Å². The molecule has 0 saturated carbocycles. The maximum Gasteiger partial charge on any atom is 0.315 e. The standard InChI is InChI=1S/C15H15ClN2O2S/c1-2-20-15(19)9-5-3-7-11-12(9)18-14(21-11)13-10(16)6-4-8-17-13/h4,6,8-9H,2-3,5,7H2,1H3. The molecule has 0 aliphatic heterocycles. The molecule has 0 saturated heterocycles. The summed E-state index contributed by atoms with van der Waals surface area (Å²) in [6.45, 7) is 2.22. The smallest absolute Gasteiger partial charge is 0.315 e. The Balaban J connectivity index is 1.98. The van der Waals surface area contributed by atoms with Crippen LogP contribution in [-0.2, 0) is 16.0 Å². The van der Waals surface area contributed by atoms with E-state index in [9.17, 15) is 4.79 Å². The molecule has 1 aliphatic rings. The van der Waals surface area contributed by atoms with Gasteiger partial charge in [0.1, 0.15) is 16.6 Å². The van der Waals surface area contributed by atoms with Crippen LogP contribution < -0.4 is 0 Å². The fraction of sp³-hybridized carbons (Fsp3) is 0.400. The number of ether oxygens (including phenoxy) is 1. The van der Waals surface area contributed by atoms with Gasteiger partial charge in [0.25, 0.3) is 0 Å². The van der Waals surface area contributed by atoms with Crippen LogP contribution in [0.4, 0.5) is 0 Å². The van der Waals surface area contributed by atoms with E-state index in [1.165, 1.54) is 0 Å². The molecule has 2 aromatic heterocycles. The Morgan fingerprint density at radius 1 is 1.57 bits per heavy atom. The molecule has 4 nitrogen and oxygen atoms in total. The largest absolute Gasteiger partial charge is 0.465 e. The topological polar surface area (TPSA) is 52.1 Å². The first-order valence-corrected chi connectivity index (χ1v) is 8.17. The minimum atomic E-state index is -0.249. The zero-order chi connectivity index (χ0) is 14.8. The van der Waals surface area contributed by atoms with Crippen LogP contribution in [0.3, 0.4) is 0 Å². The van der Waals surface area contributed by atoms with E-state index in [4.69, 9.17) is 16.3 Å². The van der Waals surface area contributed by atoms with E-state index in [1.54, 1.807) is 29.7 Å². The van der Waals surface area contributed by atoms with E-state index < -0.39 is 0 Å². The molecular formula is C15H15ClN2O2S. The number of nitrogens with zero attached hydrogens (tertiary/aromatic N) is 2. The predicted octanol–water partition coefficient (Wildman–Crippen LogP) is 3.84. The van der Waals surface area contributed by atoms with Crippen LogP contribution in [0.1, 0.15) is 36.3 Å². The van der Waals surface area contributed by atoms with Gasteiger partial charge in [-0.15, -0.1) is 11.3 Å². The van der Waals surface area contributed by atoms with Crippen LogP contribution >= 0.6 is 22.9 Å². The number of halogens is 1. The molecule has 110 valence electrons. The van der Waals surface area contributed by atoms with Gasteiger partial charge in [-0.2, -0.15) is 0 Å². The van der Waals surface area contributed by atoms with Crippen LogP contribution in [0.15, 0.2) is 18.3 Å². The molecule has 21 heavy (non-hydrogen) atoms. The van der Waals surface area contributed by atoms with Crippen molar-refractivity contribution in [2.24, 2.45) is 0 Å². The number of pyridine rings is 1. The zero-order valence-corrected chi connectivity index (χ0v) is 13.2. The molecule has 0 bridgehead atoms. The lowest BCUT2D eigenvalue weighted by Crippen LogP contribution is -2.20. The average Bonchev–Trinajstić information content (AvgIpc) is 2.91. The normalized spacial score (nSPS) is 17.3. The van der Waals surface area contributed by atoms with Crippen molar-refractivity contribution in [3.63, 3.8) is 0 Å². The summed E-state index contributed by atoms with van der Waals surface area (Å²) < 4.78 is 5.16. The quantitative estimate of drug-likeness (QED) is 0.806. The van der Waals surface area contributed by atoms with E-state index in [-0.39, 0.29) is 11.9 Å². The van der Waals surface area contributed by atoms with Crippen LogP contribution in [0.25, 0.3) is 10.7 Å². The van der Waals surface area contributed by atoms with Crippen molar-refractivity contribution in [3.05, 3.63) is 33.9 Å². The maximum absolute atomic E-state index is 12.1. The van der Waals surface area contributed by atoms with E-state index in [2.05, 4.69) is 9.97 Å². The number of carbonyl (C=O) groups is 1. The van der Waals surface area contributed by atoms with Gasteiger partial charge >= 0.3 is 5.97 Å². The molecule has 0 fully saturated rings. The van der Waals surface area contributed by atoms with Crippen molar-refractivity contribution < 1.29 is 9.53 Å². The highest BCUT2D eigenvalue weighted by molar-refractivity contribution is 7.15. The lowest BCUT2D eigenvalue weighted by Gasteiger charge is -2.19. The number of carbonyl (C=O) groups excluding carboxylic acids is 1. The first-order chi connectivity index (χ1) is 10.2. The lowest BCUT2D eigenvalue weighted by atomic mass is 9.91. The number of hydrogen-bond donors (Lipinski definition) is 0. The number of thiazole rings is 1. The second-order valence-electron chi connectivity index (χ2n) is 4.86. The van der Waals surface area contributed by atoms with Crippen molar-refractivity contribution in [1.82, 2.24) is 9.97 Å². The number of rotatable bonds is 3. The fourth-order valence-corrected chi connectivity index (χ4v) is 3.98. The van der Waals surface area contributed by atoms with Crippen molar-refractivity contribution in [3.8, 4) is 10.7 Å². The molecule has 0 aromatic carbocycles. The summed E-state index contributed by atoms with van der Waals surface area (Å²) in [6.07, 6.45) is 4.43. The van der Waals surface area contributed by atoms with Gasteiger partial charge in [0.15, 0.2) is 0 Å². The van der Waals surface area contributed by atoms with Gasteiger partial charge < -0.3 is 4.74 Å². The SMILES string of the molecule is CCOC(=O)C1CCCc2sc(-c3ncccc3Cl)nc21. The molecule has 0 radical (unpaired) electrons. The van der Waals surface area contributed by atoms with Crippen molar-refractivity contribution >= 4 is 28.9 Å². The number of esters is 1. The Labute approximate surface area is 132 Å². The maximum atomic E-state index is 12.1. The number of aryl methyl sites for hydroxylation is 1. The van der Waals surface area contributed by atoms with Gasteiger partial charge in [0, 0.05) is 11.1 Å². The van der Waals surface area contributed by atoms with Crippen molar-refractivity contribution in [2.45, 2.75) is 32.1 Å². The van der Waals surface area contributed by atoms with Gasteiger partial charge in [-0.1, -0.05) is 11.6 Å². The zero-order valence-electron chi connectivity index (χ0n) is 11.6. The molecule has 1 unspecified atom stereocenters. The molecule has 2 aromatic rings. The third-order valence-electron chi connectivity index (χ3n) is 3.49. The second kappa shape index (κ2) is 6.12. The van der Waals surface area contributed by atoms with E-state index in [0.29, 0.717) is 17.3 Å². The van der Waals surface area contributed by atoms with Gasteiger partial charge in [-0.05, 0) is 38.3 Å². The minimum absolute atomic E-state index is 0.178. The monoisotopic (exact) mass is 322 g/mol. The highest BCUT2D eigenvalue weighted by Crippen LogP contribution is 2.39. The molecule has 0 N–H and O–H groups in total. The van der Waals surface area contributed by atoms with Crippen LogP contribution in [0.5, 0.6) is 0 Å². The fourth-order valence-electron chi connectivity index (χ4n) is 2.54. The summed E-state index contributed by atoms with van der Waals surface area (Å²) in [4.78, 5) is 22.2. The Morgan fingerprint density at radius 3 is 3.19 bits per heavy atom. The lowest BCUT2D eigenvalue weighted by molar-refractivity contribution is -0.145. The predicted molar refractivity (Wildman–Crippen MR) is 82.7 cm³/mol. The molecule has 1 atom stereocenters. The van der Waals surface area contributed by atoms with Crippen molar-refractivity contribution in [2.75, 3.05) is 6.61 Å². The third kappa shape index (κ3) is 2.80. The molecule has 2 heterocycles. The molecule has 0 spiro atoms. The summed E-state index contributed by atoms with van der Waals surface area (Å²) in [6, 6.07) is 3.59. The Kier molecular flexibility index (Phi) is 4.22. The minimum Gasteiger partial charge on any atom is -0.465 e. The summed E-state index contributed by atoms with van der Waals surface area (Å²) in [7, 11) is 0. The highest BCUT2D eigenvalue weighted by Gasteiger charge is 2.31. The average molecular weight is 323 g/mol. The number of hydrogen-bond acceptors (Lipinski definition) is 5. The number of fused-ring (bicyclic) bond motifs is 1. The summed E-state index contributed by atoms with van der Waals surface area (Å²) in [5.74, 6) is -0.427. The highest BCUT2D eigenvalue weighted by atomic mass is 35.5. The Morgan fingerprint density at radius 2 is 2.43 bits per heavy atom. The molecule has 0 amide bonds. The van der Waals surface area contributed by atoms with E-state index in [1.807, 2.05) is 6.92 Å². The first-order valence-electron chi connectivity index (χ1n) is 6.97. The Bertz CT molecular complexity index is 671.